The van der Waals surface area contributed by atoms with Gasteiger partial charge in [-0.2, -0.15) is 0 Å². The van der Waals surface area contributed by atoms with E-state index in [1.54, 1.807) is 0 Å². The topological polar surface area (TPSA) is 12.0 Å². The minimum absolute atomic E-state index is 0.0357. The van der Waals surface area contributed by atoms with Gasteiger partial charge in [-0.05, 0) is 30.7 Å². The molecule has 1 aliphatic rings. The van der Waals surface area contributed by atoms with E-state index in [4.69, 9.17) is 11.6 Å². The highest BCUT2D eigenvalue weighted by Crippen LogP contribution is 2.28. The molecule has 14 heavy (non-hydrogen) atoms. The summed E-state index contributed by atoms with van der Waals surface area (Å²) in [6.45, 7) is 1.36. The van der Waals surface area contributed by atoms with Crippen molar-refractivity contribution in [3.05, 3.63) is 34.9 Å². The minimum atomic E-state index is -0.773. The van der Waals surface area contributed by atoms with Crippen molar-refractivity contribution in [3.8, 4) is 0 Å². The highest BCUT2D eigenvalue weighted by atomic mass is 35.5. The fourth-order valence-electron chi connectivity index (χ4n) is 1.91. The molecule has 0 saturated carbocycles. The number of piperidine rings is 1. The van der Waals surface area contributed by atoms with Crippen LogP contribution in [0.4, 0.5) is 4.39 Å². The molecule has 1 fully saturated rings. The molecule has 2 unspecified atom stereocenters. The predicted octanol–water partition coefficient (Wildman–Crippen LogP) is 2.76. The molecule has 1 N–H and O–H groups in total. The van der Waals surface area contributed by atoms with Gasteiger partial charge in [0, 0.05) is 17.5 Å². The predicted molar refractivity (Wildman–Crippen MR) is 56.6 cm³/mol. The van der Waals surface area contributed by atoms with Gasteiger partial charge < -0.3 is 5.32 Å². The third-order valence-corrected chi connectivity index (χ3v) is 2.96. The zero-order valence-electron chi connectivity index (χ0n) is 7.84. The Bertz CT molecular complexity index is 299. The largest absolute Gasteiger partial charge is 0.314 e. The van der Waals surface area contributed by atoms with E-state index < -0.39 is 6.17 Å². The molecule has 0 bridgehead atoms. The highest BCUT2D eigenvalue weighted by Gasteiger charge is 2.25. The van der Waals surface area contributed by atoms with Crippen LogP contribution in [0.2, 0.25) is 5.02 Å². The van der Waals surface area contributed by atoms with Crippen LogP contribution < -0.4 is 5.32 Å². The van der Waals surface area contributed by atoms with Crippen LogP contribution in [0.5, 0.6) is 0 Å². The molecule has 1 saturated heterocycles. The first-order chi connectivity index (χ1) is 6.77. The fourth-order valence-corrected chi connectivity index (χ4v) is 2.03. The second kappa shape index (κ2) is 4.28. The maximum Gasteiger partial charge on any atom is 0.119 e. The summed E-state index contributed by atoms with van der Waals surface area (Å²) in [6, 6.07) is 7.49. The average Bonchev–Trinajstić information content (AvgIpc) is 2.20. The van der Waals surface area contributed by atoms with E-state index >= 15 is 0 Å². The van der Waals surface area contributed by atoms with Crippen LogP contribution in [0.3, 0.4) is 0 Å². The highest BCUT2D eigenvalue weighted by molar-refractivity contribution is 6.30. The number of nitrogens with one attached hydrogen (secondary N) is 1. The van der Waals surface area contributed by atoms with Crippen molar-refractivity contribution in [2.24, 2.45) is 0 Å². The normalized spacial score (nSPS) is 27.6. The Labute approximate surface area is 88.3 Å². The van der Waals surface area contributed by atoms with Gasteiger partial charge in [-0.3, -0.25) is 0 Å². The van der Waals surface area contributed by atoms with Crippen LogP contribution in [-0.4, -0.2) is 19.3 Å². The SMILES string of the molecule is FC1CNCCC1c1ccc(Cl)cc1. The number of hydrogen-bond acceptors (Lipinski definition) is 1. The van der Waals surface area contributed by atoms with Crippen LogP contribution in [0, 0.1) is 0 Å². The van der Waals surface area contributed by atoms with Crippen molar-refractivity contribution in [3.63, 3.8) is 0 Å². The summed E-state index contributed by atoms with van der Waals surface area (Å²) in [5, 5.41) is 3.75. The summed E-state index contributed by atoms with van der Waals surface area (Å²) in [6.07, 6.45) is 0.0907. The molecule has 2 rings (SSSR count). The molecule has 0 aromatic heterocycles. The van der Waals surface area contributed by atoms with Gasteiger partial charge in [0.2, 0.25) is 0 Å². The molecule has 76 valence electrons. The molecule has 3 heteroatoms. The molecule has 1 aromatic carbocycles. The zero-order valence-corrected chi connectivity index (χ0v) is 8.60. The summed E-state index contributed by atoms with van der Waals surface area (Å²) in [4.78, 5) is 0. The maximum absolute atomic E-state index is 13.5. The monoisotopic (exact) mass is 213 g/mol. The Balaban J connectivity index is 2.16. The van der Waals surface area contributed by atoms with E-state index in [9.17, 15) is 4.39 Å². The lowest BCUT2D eigenvalue weighted by atomic mass is 9.89. The maximum atomic E-state index is 13.5. The summed E-state index contributed by atoms with van der Waals surface area (Å²) in [5.41, 5.74) is 1.06. The number of halogens is 2. The first-order valence-corrected chi connectivity index (χ1v) is 5.25. The number of alkyl halides is 1. The minimum Gasteiger partial charge on any atom is -0.314 e. The van der Waals surface area contributed by atoms with E-state index in [0.29, 0.717) is 11.6 Å². The van der Waals surface area contributed by atoms with E-state index in [1.807, 2.05) is 24.3 Å². The van der Waals surface area contributed by atoms with Crippen molar-refractivity contribution < 1.29 is 4.39 Å². The third-order valence-electron chi connectivity index (χ3n) is 2.71. The van der Waals surface area contributed by atoms with Crippen molar-refractivity contribution in [1.29, 1.82) is 0 Å². The first kappa shape index (κ1) is 9.94. The Morgan fingerprint density at radius 1 is 1.29 bits per heavy atom. The van der Waals surface area contributed by atoms with Gasteiger partial charge in [0.05, 0.1) is 0 Å². The summed E-state index contributed by atoms with van der Waals surface area (Å²) < 4.78 is 13.5. The lowest BCUT2D eigenvalue weighted by molar-refractivity contribution is 0.231. The molecular weight excluding hydrogens is 201 g/mol. The van der Waals surface area contributed by atoms with E-state index in [0.717, 1.165) is 18.5 Å². The number of benzene rings is 1. The molecule has 0 spiro atoms. The number of hydrogen-bond donors (Lipinski definition) is 1. The van der Waals surface area contributed by atoms with E-state index in [2.05, 4.69) is 5.32 Å². The van der Waals surface area contributed by atoms with Gasteiger partial charge in [0.25, 0.3) is 0 Å². The smallest absolute Gasteiger partial charge is 0.119 e. The van der Waals surface area contributed by atoms with E-state index in [1.165, 1.54) is 0 Å². The summed E-state index contributed by atoms with van der Waals surface area (Å²) >= 11 is 5.78. The molecular formula is C11H13ClFN. The molecule has 0 radical (unpaired) electrons. The molecule has 1 nitrogen and oxygen atoms in total. The van der Waals surface area contributed by atoms with Crippen LogP contribution >= 0.6 is 11.6 Å². The van der Waals surface area contributed by atoms with Gasteiger partial charge in [-0.1, -0.05) is 23.7 Å². The third kappa shape index (κ3) is 2.07. The zero-order chi connectivity index (χ0) is 9.97. The standard InChI is InChI=1S/C11H13ClFN/c12-9-3-1-8(2-4-9)10-5-6-14-7-11(10)13/h1-4,10-11,14H,5-7H2. The van der Waals surface area contributed by atoms with Crippen molar-refractivity contribution >= 4 is 11.6 Å². The molecule has 1 aliphatic heterocycles. The van der Waals surface area contributed by atoms with Crippen LogP contribution in [0.15, 0.2) is 24.3 Å². The van der Waals surface area contributed by atoms with Crippen molar-refractivity contribution in [1.82, 2.24) is 5.32 Å². The molecule has 0 aliphatic carbocycles. The molecule has 1 heterocycles. The summed E-state index contributed by atoms with van der Waals surface area (Å²) in [7, 11) is 0. The van der Waals surface area contributed by atoms with Gasteiger partial charge in [0.1, 0.15) is 6.17 Å². The number of rotatable bonds is 1. The van der Waals surface area contributed by atoms with Gasteiger partial charge in [-0.25, -0.2) is 4.39 Å². The quantitative estimate of drug-likeness (QED) is 0.757. The second-order valence-electron chi connectivity index (χ2n) is 3.67. The molecule has 0 amide bonds. The van der Waals surface area contributed by atoms with Gasteiger partial charge in [0.15, 0.2) is 0 Å². The fraction of sp³-hybridized carbons (Fsp3) is 0.455. The Kier molecular flexibility index (Phi) is 3.04. The summed E-state index contributed by atoms with van der Waals surface area (Å²) in [5.74, 6) is 0.0357. The molecule has 1 aromatic rings. The van der Waals surface area contributed by atoms with Gasteiger partial charge >= 0.3 is 0 Å². The average molecular weight is 214 g/mol. The Hall–Kier alpha value is -0.600. The van der Waals surface area contributed by atoms with Crippen LogP contribution in [0.25, 0.3) is 0 Å². The van der Waals surface area contributed by atoms with Crippen molar-refractivity contribution in [2.75, 3.05) is 13.1 Å². The van der Waals surface area contributed by atoms with Gasteiger partial charge in [-0.15, -0.1) is 0 Å². The van der Waals surface area contributed by atoms with Crippen molar-refractivity contribution in [2.45, 2.75) is 18.5 Å². The van der Waals surface area contributed by atoms with E-state index in [-0.39, 0.29) is 5.92 Å². The lowest BCUT2D eigenvalue weighted by Gasteiger charge is -2.26. The Morgan fingerprint density at radius 3 is 2.64 bits per heavy atom. The molecule has 2 atom stereocenters. The Morgan fingerprint density at radius 2 is 2.00 bits per heavy atom. The lowest BCUT2D eigenvalue weighted by Crippen LogP contribution is -2.36. The van der Waals surface area contributed by atoms with Crippen LogP contribution in [0.1, 0.15) is 17.9 Å². The first-order valence-electron chi connectivity index (χ1n) is 4.87. The van der Waals surface area contributed by atoms with Crippen LogP contribution in [-0.2, 0) is 0 Å². The second-order valence-corrected chi connectivity index (χ2v) is 4.10.